The molecule has 0 atom stereocenters. The van der Waals surface area contributed by atoms with Crippen LogP contribution in [0.4, 0.5) is 0 Å². The summed E-state index contributed by atoms with van der Waals surface area (Å²) < 4.78 is 1.50. The molecule has 0 bridgehead atoms. The van der Waals surface area contributed by atoms with E-state index in [-0.39, 0.29) is 5.56 Å². The second-order valence-corrected chi connectivity index (χ2v) is 5.24. The van der Waals surface area contributed by atoms with Gasteiger partial charge in [0.15, 0.2) is 6.29 Å². The van der Waals surface area contributed by atoms with Gasteiger partial charge in [-0.2, -0.15) is 0 Å². The molecule has 3 aromatic rings. The lowest BCUT2D eigenvalue weighted by molar-refractivity contribution is 0.112. The summed E-state index contributed by atoms with van der Waals surface area (Å²) in [6.07, 6.45) is 0.790. The Kier molecular flexibility index (Phi) is 3.35. The van der Waals surface area contributed by atoms with Crippen LogP contribution in [0.1, 0.15) is 10.4 Å². The third-order valence-electron chi connectivity index (χ3n) is 3.56. The average molecular weight is 298 g/mol. The lowest BCUT2D eigenvalue weighted by Crippen LogP contribution is -2.20. The van der Waals surface area contributed by atoms with E-state index in [0.717, 1.165) is 11.8 Å². The van der Waals surface area contributed by atoms with E-state index in [1.165, 1.54) is 4.57 Å². The largest absolute Gasteiger partial charge is 0.310 e. The Labute approximate surface area is 126 Å². The van der Waals surface area contributed by atoms with Crippen molar-refractivity contribution in [3.63, 3.8) is 0 Å². The molecule has 0 N–H and O–H groups in total. The molecule has 3 nitrogen and oxygen atoms in total. The molecule has 2 aromatic carbocycles. The predicted molar refractivity (Wildman–Crippen MR) is 85.0 cm³/mol. The van der Waals surface area contributed by atoms with Crippen molar-refractivity contribution < 1.29 is 4.79 Å². The number of fused-ring (bicyclic) bond motifs is 1. The van der Waals surface area contributed by atoms with Crippen LogP contribution in [-0.2, 0) is 7.05 Å². The van der Waals surface area contributed by atoms with Crippen molar-refractivity contribution in [2.24, 2.45) is 7.05 Å². The maximum Gasteiger partial charge on any atom is 0.258 e. The normalized spacial score (nSPS) is 10.8. The number of pyridine rings is 1. The second-order valence-electron chi connectivity index (χ2n) is 4.80. The van der Waals surface area contributed by atoms with Gasteiger partial charge >= 0.3 is 0 Å². The monoisotopic (exact) mass is 297 g/mol. The first-order valence-electron chi connectivity index (χ1n) is 6.46. The van der Waals surface area contributed by atoms with Gasteiger partial charge in [-0.25, -0.2) is 0 Å². The Morgan fingerprint density at radius 3 is 2.43 bits per heavy atom. The fourth-order valence-electron chi connectivity index (χ4n) is 2.58. The van der Waals surface area contributed by atoms with Gasteiger partial charge in [-0.3, -0.25) is 9.59 Å². The molecule has 0 spiro atoms. The van der Waals surface area contributed by atoms with Crippen LogP contribution in [0.2, 0.25) is 5.02 Å². The van der Waals surface area contributed by atoms with E-state index in [9.17, 15) is 9.59 Å². The second kappa shape index (κ2) is 5.19. The van der Waals surface area contributed by atoms with Crippen LogP contribution in [0.5, 0.6) is 0 Å². The Balaban J connectivity index is 2.52. The molecule has 4 heteroatoms. The molecule has 0 saturated carbocycles. The summed E-state index contributed by atoms with van der Waals surface area (Å²) in [6.45, 7) is 0. The number of aldehydes is 1. The van der Waals surface area contributed by atoms with E-state index < -0.39 is 0 Å². The summed E-state index contributed by atoms with van der Waals surface area (Å²) in [7, 11) is 1.66. The highest BCUT2D eigenvalue weighted by molar-refractivity contribution is 6.31. The summed E-state index contributed by atoms with van der Waals surface area (Å²) in [5.74, 6) is 0. The SMILES string of the molecule is Cn1c(-c2ccccc2)c(C=O)c2ccc(Cl)cc2c1=O. The summed E-state index contributed by atoms with van der Waals surface area (Å²) in [5, 5.41) is 1.55. The molecule has 3 rings (SSSR count). The van der Waals surface area contributed by atoms with Gasteiger partial charge in [0.1, 0.15) is 0 Å². The van der Waals surface area contributed by atoms with Gasteiger partial charge in [0.25, 0.3) is 5.56 Å². The Morgan fingerprint density at radius 1 is 1.05 bits per heavy atom. The Bertz CT molecular complexity index is 898. The maximum absolute atomic E-state index is 12.5. The molecule has 0 aliphatic rings. The van der Waals surface area contributed by atoms with Crippen molar-refractivity contribution in [2.75, 3.05) is 0 Å². The molecule has 0 unspecified atom stereocenters. The van der Waals surface area contributed by atoms with Gasteiger partial charge in [-0.05, 0) is 23.1 Å². The van der Waals surface area contributed by atoms with E-state index in [2.05, 4.69) is 0 Å². The molecular weight excluding hydrogens is 286 g/mol. The van der Waals surface area contributed by atoms with Crippen molar-refractivity contribution in [3.05, 3.63) is 69.5 Å². The predicted octanol–water partition coefficient (Wildman–Crippen LogP) is 3.67. The van der Waals surface area contributed by atoms with Gasteiger partial charge in [0.05, 0.1) is 5.69 Å². The average Bonchev–Trinajstić information content (AvgIpc) is 2.51. The molecular formula is C17H12ClNO2. The number of benzene rings is 2. The van der Waals surface area contributed by atoms with Crippen LogP contribution in [0.25, 0.3) is 22.0 Å². The number of carbonyl (C=O) groups is 1. The standard InChI is InChI=1S/C17H12ClNO2/c1-19-16(11-5-3-2-4-6-11)15(10-20)13-8-7-12(18)9-14(13)17(19)21/h2-10H,1H3. The molecule has 0 saturated heterocycles. The van der Waals surface area contributed by atoms with Crippen molar-refractivity contribution in [1.82, 2.24) is 4.57 Å². The summed E-state index contributed by atoms with van der Waals surface area (Å²) in [5.41, 5.74) is 1.77. The van der Waals surface area contributed by atoms with E-state index in [0.29, 0.717) is 27.1 Å². The van der Waals surface area contributed by atoms with Crippen LogP contribution in [0, 0.1) is 0 Å². The number of nitrogens with zero attached hydrogens (tertiary/aromatic N) is 1. The summed E-state index contributed by atoms with van der Waals surface area (Å²) in [4.78, 5) is 24.1. The van der Waals surface area contributed by atoms with Crippen LogP contribution in [0.3, 0.4) is 0 Å². The fourth-order valence-corrected chi connectivity index (χ4v) is 2.76. The van der Waals surface area contributed by atoms with Crippen LogP contribution in [-0.4, -0.2) is 10.9 Å². The summed E-state index contributed by atoms with van der Waals surface area (Å²) >= 11 is 5.96. The quantitative estimate of drug-likeness (QED) is 0.677. The Hall–Kier alpha value is -2.39. The van der Waals surface area contributed by atoms with Gasteiger partial charge in [0.2, 0.25) is 0 Å². The van der Waals surface area contributed by atoms with Crippen LogP contribution >= 0.6 is 11.6 Å². The lowest BCUT2D eigenvalue weighted by Gasteiger charge is -2.14. The van der Waals surface area contributed by atoms with Gasteiger partial charge < -0.3 is 4.57 Å². The van der Waals surface area contributed by atoms with Crippen LogP contribution < -0.4 is 5.56 Å². The zero-order chi connectivity index (χ0) is 15.0. The molecule has 0 amide bonds. The smallest absolute Gasteiger partial charge is 0.258 e. The van der Waals surface area contributed by atoms with Crippen molar-refractivity contribution in [3.8, 4) is 11.3 Å². The maximum atomic E-state index is 12.5. The molecule has 1 aromatic heterocycles. The Morgan fingerprint density at radius 2 is 1.76 bits per heavy atom. The third kappa shape index (κ3) is 2.16. The number of hydrogen-bond donors (Lipinski definition) is 0. The van der Waals surface area contributed by atoms with E-state index >= 15 is 0 Å². The molecule has 0 fully saturated rings. The summed E-state index contributed by atoms with van der Waals surface area (Å²) in [6, 6.07) is 14.4. The first kappa shape index (κ1) is 13.6. The van der Waals surface area contributed by atoms with Crippen LogP contribution in [0.15, 0.2) is 53.3 Å². The molecule has 1 heterocycles. The molecule has 0 radical (unpaired) electrons. The molecule has 0 aliphatic carbocycles. The number of hydrogen-bond acceptors (Lipinski definition) is 2. The minimum absolute atomic E-state index is 0.169. The molecule has 21 heavy (non-hydrogen) atoms. The molecule has 104 valence electrons. The highest BCUT2D eigenvalue weighted by atomic mass is 35.5. The van der Waals surface area contributed by atoms with Crippen molar-refractivity contribution >= 4 is 28.7 Å². The lowest BCUT2D eigenvalue weighted by atomic mass is 10.00. The van der Waals surface area contributed by atoms with Crippen molar-refractivity contribution in [2.45, 2.75) is 0 Å². The minimum atomic E-state index is -0.169. The highest BCUT2D eigenvalue weighted by Gasteiger charge is 2.15. The van der Waals surface area contributed by atoms with Gasteiger partial charge in [0, 0.05) is 23.0 Å². The minimum Gasteiger partial charge on any atom is -0.310 e. The number of rotatable bonds is 2. The zero-order valence-electron chi connectivity index (χ0n) is 11.3. The first-order chi connectivity index (χ1) is 10.1. The van der Waals surface area contributed by atoms with E-state index in [1.807, 2.05) is 30.3 Å². The third-order valence-corrected chi connectivity index (χ3v) is 3.80. The van der Waals surface area contributed by atoms with Gasteiger partial charge in [-0.1, -0.05) is 48.0 Å². The van der Waals surface area contributed by atoms with E-state index in [1.54, 1.807) is 25.2 Å². The topological polar surface area (TPSA) is 39.1 Å². The van der Waals surface area contributed by atoms with E-state index in [4.69, 9.17) is 11.6 Å². The number of halogens is 1. The number of carbonyl (C=O) groups excluding carboxylic acids is 1. The first-order valence-corrected chi connectivity index (χ1v) is 6.84. The molecule has 0 aliphatic heterocycles. The zero-order valence-corrected chi connectivity index (χ0v) is 12.1. The van der Waals surface area contributed by atoms with Gasteiger partial charge in [-0.15, -0.1) is 0 Å². The highest BCUT2D eigenvalue weighted by Crippen LogP contribution is 2.27. The number of aromatic nitrogens is 1. The van der Waals surface area contributed by atoms with Crippen molar-refractivity contribution in [1.29, 1.82) is 0 Å². The fraction of sp³-hybridized carbons (Fsp3) is 0.0588.